The zero-order valence-corrected chi connectivity index (χ0v) is 10.8. The Kier molecular flexibility index (Phi) is 4.49. The molecule has 1 aromatic carbocycles. The van der Waals surface area contributed by atoms with Crippen molar-refractivity contribution in [1.82, 2.24) is 15.5 Å². The van der Waals surface area contributed by atoms with Crippen LogP contribution in [0, 0.1) is 0 Å². The summed E-state index contributed by atoms with van der Waals surface area (Å²) in [6.45, 7) is 0.468. The number of amides is 1. The summed E-state index contributed by atoms with van der Waals surface area (Å²) in [4.78, 5) is 22.5. The minimum absolute atomic E-state index is 0.0939. The molecule has 0 aliphatic rings. The van der Waals surface area contributed by atoms with E-state index in [1.54, 1.807) is 30.5 Å². The number of nitrogens with one attached hydrogen (secondary N) is 2. The molecule has 6 nitrogen and oxygen atoms in total. The lowest BCUT2D eigenvalue weighted by molar-refractivity contribution is -0.120. The van der Waals surface area contributed by atoms with Crippen LogP contribution in [0.3, 0.4) is 0 Å². The first-order valence-electron chi connectivity index (χ1n) is 6.22. The topological polar surface area (TPSA) is 95.1 Å². The number of nitrogens with zero attached hydrogens (tertiary/aromatic N) is 1. The standard InChI is InChI=1S/C14H15N3O3/c18-13(9-12-5-7-16-17-12)15-6-4-10-2-1-3-11(8-10)14(19)20/h1-3,5,7-8H,4,6,9H2,(H,15,18)(H,16,17)(H,19,20). The third kappa shape index (κ3) is 3.94. The number of H-pyrrole nitrogens is 1. The van der Waals surface area contributed by atoms with Crippen LogP contribution in [0.15, 0.2) is 36.5 Å². The predicted molar refractivity (Wildman–Crippen MR) is 72.4 cm³/mol. The van der Waals surface area contributed by atoms with Crippen LogP contribution in [-0.4, -0.2) is 33.7 Å². The van der Waals surface area contributed by atoms with E-state index in [0.29, 0.717) is 13.0 Å². The van der Waals surface area contributed by atoms with E-state index in [1.807, 2.05) is 6.07 Å². The first-order chi connectivity index (χ1) is 9.65. The van der Waals surface area contributed by atoms with Crippen LogP contribution >= 0.6 is 0 Å². The summed E-state index contributed by atoms with van der Waals surface area (Å²) in [5.74, 6) is -1.04. The van der Waals surface area contributed by atoms with Crippen LogP contribution in [0.2, 0.25) is 0 Å². The van der Waals surface area contributed by atoms with E-state index in [9.17, 15) is 9.59 Å². The molecule has 0 fully saturated rings. The number of rotatable bonds is 6. The van der Waals surface area contributed by atoms with Gasteiger partial charge < -0.3 is 10.4 Å². The summed E-state index contributed by atoms with van der Waals surface area (Å²) < 4.78 is 0. The zero-order chi connectivity index (χ0) is 14.4. The van der Waals surface area contributed by atoms with E-state index in [-0.39, 0.29) is 17.9 Å². The lowest BCUT2D eigenvalue weighted by Crippen LogP contribution is -2.27. The average Bonchev–Trinajstić information content (AvgIpc) is 2.92. The van der Waals surface area contributed by atoms with Gasteiger partial charge in [0.2, 0.25) is 5.91 Å². The molecule has 0 aliphatic carbocycles. The van der Waals surface area contributed by atoms with E-state index in [0.717, 1.165) is 11.3 Å². The van der Waals surface area contributed by atoms with Crippen LogP contribution in [0.5, 0.6) is 0 Å². The number of aromatic amines is 1. The van der Waals surface area contributed by atoms with Gasteiger partial charge in [-0.25, -0.2) is 4.79 Å². The minimum atomic E-state index is -0.949. The highest BCUT2D eigenvalue weighted by molar-refractivity contribution is 5.87. The fourth-order valence-electron chi connectivity index (χ4n) is 1.82. The van der Waals surface area contributed by atoms with Gasteiger partial charge in [-0.15, -0.1) is 0 Å². The molecular weight excluding hydrogens is 258 g/mol. The van der Waals surface area contributed by atoms with Crippen molar-refractivity contribution >= 4 is 11.9 Å². The summed E-state index contributed by atoms with van der Waals surface area (Å²) in [5.41, 5.74) is 1.90. The van der Waals surface area contributed by atoms with Crippen molar-refractivity contribution in [3.8, 4) is 0 Å². The van der Waals surface area contributed by atoms with Gasteiger partial charge >= 0.3 is 5.97 Å². The molecule has 0 unspecified atom stereocenters. The number of hydrogen-bond acceptors (Lipinski definition) is 3. The highest BCUT2D eigenvalue weighted by Crippen LogP contribution is 2.05. The first-order valence-corrected chi connectivity index (χ1v) is 6.22. The van der Waals surface area contributed by atoms with Crippen molar-refractivity contribution in [1.29, 1.82) is 0 Å². The van der Waals surface area contributed by atoms with Gasteiger partial charge in [-0.05, 0) is 30.2 Å². The molecule has 6 heteroatoms. The maximum atomic E-state index is 11.6. The number of carboxylic acid groups (broad SMARTS) is 1. The highest BCUT2D eigenvalue weighted by Gasteiger charge is 2.05. The van der Waals surface area contributed by atoms with Crippen LogP contribution < -0.4 is 5.32 Å². The van der Waals surface area contributed by atoms with Gasteiger partial charge in [-0.3, -0.25) is 9.89 Å². The van der Waals surface area contributed by atoms with Crippen molar-refractivity contribution in [3.05, 3.63) is 53.3 Å². The minimum Gasteiger partial charge on any atom is -0.478 e. The van der Waals surface area contributed by atoms with Crippen LogP contribution in [-0.2, 0) is 17.6 Å². The normalized spacial score (nSPS) is 10.2. The fourth-order valence-corrected chi connectivity index (χ4v) is 1.82. The van der Waals surface area contributed by atoms with Crippen molar-refractivity contribution < 1.29 is 14.7 Å². The largest absolute Gasteiger partial charge is 0.478 e. The Morgan fingerprint density at radius 1 is 1.30 bits per heavy atom. The monoisotopic (exact) mass is 273 g/mol. The Morgan fingerprint density at radius 2 is 2.15 bits per heavy atom. The van der Waals surface area contributed by atoms with Gasteiger partial charge in [-0.1, -0.05) is 12.1 Å². The second-order valence-corrected chi connectivity index (χ2v) is 4.36. The van der Waals surface area contributed by atoms with E-state index in [4.69, 9.17) is 5.11 Å². The van der Waals surface area contributed by atoms with E-state index >= 15 is 0 Å². The molecule has 1 amide bonds. The first kappa shape index (κ1) is 13.8. The van der Waals surface area contributed by atoms with Gasteiger partial charge in [0.25, 0.3) is 0 Å². The maximum absolute atomic E-state index is 11.6. The number of aromatic nitrogens is 2. The summed E-state index contributed by atoms with van der Waals surface area (Å²) >= 11 is 0. The third-order valence-electron chi connectivity index (χ3n) is 2.82. The van der Waals surface area contributed by atoms with Crippen molar-refractivity contribution in [3.63, 3.8) is 0 Å². The van der Waals surface area contributed by atoms with Gasteiger partial charge in [0, 0.05) is 18.4 Å². The second kappa shape index (κ2) is 6.51. The van der Waals surface area contributed by atoms with Gasteiger partial charge in [-0.2, -0.15) is 5.10 Å². The number of carboxylic acids is 1. The molecule has 20 heavy (non-hydrogen) atoms. The van der Waals surface area contributed by atoms with Crippen molar-refractivity contribution in [2.24, 2.45) is 0 Å². The fraction of sp³-hybridized carbons (Fsp3) is 0.214. The molecule has 0 spiro atoms. The molecule has 0 radical (unpaired) electrons. The van der Waals surface area contributed by atoms with Crippen LogP contribution in [0.25, 0.3) is 0 Å². The van der Waals surface area contributed by atoms with Crippen molar-refractivity contribution in [2.45, 2.75) is 12.8 Å². The molecule has 0 atom stereocenters. The lowest BCUT2D eigenvalue weighted by Gasteiger charge is -2.05. The Bertz CT molecular complexity index is 593. The summed E-state index contributed by atoms with van der Waals surface area (Å²) in [5, 5.41) is 18.2. The Hall–Kier alpha value is -2.63. The third-order valence-corrected chi connectivity index (χ3v) is 2.82. The molecule has 2 rings (SSSR count). The quantitative estimate of drug-likeness (QED) is 0.732. The van der Waals surface area contributed by atoms with E-state index < -0.39 is 5.97 Å². The van der Waals surface area contributed by atoms with Crippen molar-refractivity contribution in [2.75, 3.05) is 6.54 Å². The Morgan fingerprint density at radius 3 is 2.85 bits per heavy atom. The summed E-state index contributed by atoms with van der Waals surface area (Å²) in [6.07, 6.45) is 2.45. The summed E-state index contributed by atoms with van der Waals surface area (Å²) in [7, 11) is 0. The molecule has 0 saturated heterocycles. The predicted octanol–water partition coefficient (Wildman–Crippen LogP) is 1.01. The summed E-state index contributed by atoms with van der Waals surface area (Å²) in [6, 6.07) is 8.45. The second-order valence-electron chi connectivity index (χ2n) is 4.36. The molecule has 104 valence electrons. The Balaban J connectivity index is 1.79. The van der Waals surface area contributed by atoms with E-state index in [1.165, 1.54) is 0 Å². The van der Waals surface area contributed by atoms with Gasteiger partial charge in [0.1, 0.15) is 0 Å². The molecule has 3 N–H and O–H groups in total. The number of benzene rings is 1. The molecule has 1 aromatic heterocycles. The van der Waals surface area contributed by atoms with Gasteiger partial charge in [0.15, 0.2) is 0 Å². The van der Waals surface area contributed by atoms with Crippen LogP contribution in [0.4, 0.5) is 0 Å². The molecule has 2 aromatic rings. The average molecular weight is 273 g/mol. The molecule has 1 heterocycles. The number of carbonyl (C=O) groups excluding carboxylic acids is 1. The number of hydrogen-bond donors (Lipinski definition) is 3. The molecule has 0 bridgehead atoms. The SMILES string of the molecule is O=C(Cc1ccn[nH]1)NCCc1cccc(C(=O)O)c1. The highest BCUT2D eigenvalue weighted by atomic mass is 16.4. The smallest absolute Gasteiger partial charge is 0.335 e. The van der Waals surface area contributed by atoms with E-state index in [2.05, 4.69) is 15.5 Å². The molecule has 0 saturated carbocycles. The number of aromatic carboxylic acids is 1. The maximum Gasteiger partial charge on any atom is 0.335 e. The number of carbonyl (C=O) groups is 2. The molecular formula is C14H15N3O3. The molecule has 0 aliphatic heterocycles. The zero-order valence-electron chi connectivity index (χ0n) is 10.8. The Labute approximate surface area is 115 Å². The van der Waals surface area contributed by atoms with Gasteiger partial charge in [0.05, 0.1) is 12.0 Å². The lowest BCUT2D eigenvalue weighted by atomic mass is 10.1. The van der Waals surface area contributed by atoms with Crippen LogP contribution in [0.1, 0.15) is 21.6 Å².